The molecule has 2 rings (SSSR count). The highest BCUT2D eigenvalue weighted by Gasteiger charge is 2.08. The molecule has 2 aromatic carbocycles. The van der Waals surface area contributed by atoms with Crippen LogP contribution in [0.4, 0.5) is 0 Å². The van der Waals surface area contributed by atoms with Crippen LogP contribution in [0.5, 0.6) is 17.2 Å². The first kappa shape index (κ1) is 15.7. The summed E-state index contributed by atoms with van der Waals surface area (Å²) in [5, 5.41) is 9.06. The highest BCUT2D eigenvalue weighted by atomic mass is 16.5. The average molecular weight is 302 g/mol. The predicted octanol–water partition coefficient (Wildman–Crippen LogP) is 3.16. The van der Waals surface area contributed by atoms with Crippen LogP contribution in [0.15, 0.2) is 42.5 Å². The highest BCUT2D eigenvalue weighted by Crippen LogP contribution is 2.18. The molecule has 0 fully saturated rings. The Labute approximate surface area is 129 Å². The molecular weight excluding hydrogens is 284 g/mol. The van der Waals surface area contributed by atoms with E-state index in [4.69, 9.17) is 19.3 Å². The van der Waals surface area contributed by atoms with E-state index in [2.05, 4.69) is 0 Å². The molecule has 0 aliphatic heterocycles. The molecule has 0 unspecified atom stereocenters. The maximum atomic E-state index is 11.1. The lowest BCUT2D eigenvalue weighted by Gasteiger charge is -2.10. The van der Waals surface area contributed by atoms with Gasteiger partial charge >= 0.3 is 5.97 Å². The van der Waals surface area contributed by atoms with Gasteiger partial charge in [0.05, 0.1) is 12.7 Å². The Kier molecular flexibility index (Phi) is 5.25. The zero-order valence-corrected chi connectivity index (χ0v) is 12.5. The van der Waals surface area contributed by atoms with Gasteiger partial charge in [0.2, 0.25) is 0 Å². The Balaban J connectivity index is 1.83. The minimum atomic E-state index is -0.961. The van der Waals surface area contributed by atoms with Crippen LogP contribution in [-0.4, -0.2) is 31.4 Å². The van der Waals surface area contributed by atoms with Gasteiger partial charge in [0, 0.05) is 0 Å². The molecule has 0 saturated heterocycles. The van der Waals surface area contributed by atoms with Gasteiger partial charge in [-0.25, -0.2) is 4.79 Å². The van der Waals surface area contributed by atoms with Crippen molar-refractivity contribution < 1.29 is 24.1 Å². The Morgan fingerprint density at radius 1 is 0.955 bits per heavy atom. The molecule has 5 nitrogen and oxygen atoms in total. The van der Waals surface area contributed by atoms with Crippen molar-refractivity contribution in [2.75, 3.05) is 20.3 Å². The Morgan fingerprint density at radius 3 is 2.09 bits per heavy atom. The third kappa shape index (κ3) is 4.15. The molecule has 0 aromatic heterocycles. The highest BCUT2D eigenvalue weighted by molar-refractivity contribution is 5.89. The second-order valence-electron chi connectivity index (χ2n) is 4.65. The smallest absolute Gasteiger partial charge is 0.336 e. The fourth-order valence-corrected chi connectivity index (χ4v) is 1.91. The SMILES string of the molecule is COc1ccc(OCCOc2ccc(C)c(C(=O)O)c2)cc1. The molecule has 2 aromatic rings. The van der Waals surface area contributed by atoms with E-state index < -0.39 is 5.97 Å². The molecule has 0 heterocycles. The van der Waals surface area contributed by atoms with Crippen molar-refractivity contribution in [1.82, 2.24) is 0 Å². The second-order valence-corrected chi connectivity index (χ2v) is 4.65. The first-order chi connectivity index (χ1) is 10.6. The third-order valence-electron chi connectivity index (χ3n) is 3.12. The number of carbonyl (C=O) groups is 1. The molecule has 0 saturated carbocycles. The summed E-state index contributed by atoms with van der Waals surface area (Å²) in [4.78, 5) is 11.1. The predicted molar refractivity (Wildman–Crippen MR) is 82.1 cm³/mol. The maximum absolute atomic E-state index is 11.1. The summed E-state index contributed by atoms with van der Waals surface area (Å²) < 4.78 is 16.1. The van der Waals surface area contributed by atoms with Gasteiger partial charge < -0.3 is 19.3 Å². The van der Waals surface area contributed by atoms with E-state index in [0.29, 0.717) is 24.5 Å². The van der Waals surface area contributed by atoms with Crippen molar-refractivity contribution in [2.45, 2.75) is 6.92 Å². The minimum Gasteiger partial charge on any atom is -0.497 e. The van der Waals surface area contributed by atoms with Crippen LogP contribution in [0.1, 0.15) is 15.9 Å². The van der Waals surface area contributed by atoms with Gasteiger partial charge in [-0.05, 0) is 48.9 Å². The lowest BCUT2D eigenvalue weighted by atomic mass is 10.1. The fourth-order valence-electron chi connectivity index (χ4n) is 1.91. The number of ether oxygens (including phenoxy) is 3. The standard InChI is InChI=1S/C17H18O5/c1-12-3-4-15(11-16(12)17(18)19)22-10-9-21-14-7-5-13(20-2)6-8-14/h3-8,11H,9-10H2,1-2H3,(H,18,19). The van der Waals surface area contributed by atoms with E-state index in [-0.39, 0.29) is 5.56 Å². The number of aryl methyl sites for hydroxylation is 1. The topological polar surface area (TPSA) is 65.0 Å². The molecule has 5 heteroatoms. The number of carboxylic acid groups (broad SMARTS) is 1. The minimum absolute atomic E-state index is 0.244. The van der Waals surface area contributed by atoms with Crippen LogP contribution in [-0.2, 0) is 0 Å². The van der Waals surface area contributed by atoms with Gasteiger partial charge in [0.1, 0.15) is 30.5 Å². The molecular formula is C17H18O5. The second kappa shape index (κ2) is 7.36. The van der Waals surface area contributed by atoms with Crippen molar-refractivity contribution in [3.05, 3.63) is 53.6 Å². The molecule has 1 N–H and O–H groups in total. The van der Waals surface area contributed by atoms with Crippen molar-refractivity contribution in [1.29, 1.82) is 0 Å². The van der Waals surface area contributed by atoms with E-state index >= 15 is 0 Å². The zero-order chi connectivity index (χ0) is 15.9. The van der Waals surface area contributed by atoms with Crippen molar-refractivity contribution in [2.24, 2.45) is 0 Å². The molecule has 0 radical (unpaired) electrons. The summed E-state index contributed by atoms with van der Waals surface area (Å²) in [6, 6.07) is 12.2. The lowest BCUT2D eigenvalue weighted by Crippen LogP contribution is -2.09. The third-order valence-corrected chi connectivity index (χ3v) is 3.12. The molecule has 22 heavy (non-hydrogen) atoms. The Hall–Kier alpha value is -2.69. The molecule has 0 amide bonds. The molecule has 116 valence electrons. The van der Waals surface area contributed by atoms with Crippen molar-refractivity contribution in [3.63, 3.8) is 0 Å². The Morgan fingerprint density at radius 2 is 1.50 bits per heavy atom. The van der Waals surface area contributed by atoms with E-state index in [0.717, 1.165) is 11.5 Å². The zero-order valence-electron chi connectivity index (χ0n) is 12.5. The normalized spacial score (nSPS) is 10.1. The molecule has 0 aliphatic carbocycles. The molecule has 0 aliphatic rings. The van der Waals surface area contributed by atoms with E-state index in [1.807, 2.05) is 24.3 Å². The van der Waals surface area contributed by atoms with Gasteiger partial charge in [0.15, 0.2) is 0 Å². The van der Waals surface area contributed by atoms with Gasteiger partial charge in [-0.2, -0.15) is 0 Å². The van der Waals surface area contributed by atoms with Crippen molar-refractivity contribution in [3.8, 4) is 17.2 Å². The lowest BCUT2D eigenvalue weighted by molar-refractivity contribution is 0.0695. The quantitative estimate of drug-likeness (QED) is 0.796. The van der Waals surface area contributed by atoms with Crippen LogP contribution in [0.2, 0.25) is 0 Å². The first-order valence-electron chi connectivity index (χ1n) is 6.84. The van der Waals surface area contributed by atoms with Crippen LogP contribution >= 0.6 is 0 Å². The van der Waals surface area contributed by atoms with E-state index in [9.17, 15) is 4.79 Å². The van der Waals surface area contributed by atoms with E-state index in [1.54, 1.807) is 26.2 Å². The van der Waals surface area contributed by atoms with Crippen LogP contribution in [0.25, 0.3) is 0 Å². The fraction of sp³-hybridized carbons (Fsp3) is 0.235. The van der Waals surface area contributed by atoms with Crippen LogP contribution < -0.4 is 14.2 Å². The summed E-state index contributed by atoms with van der Waals surface area (Å²) in [5.41, 5.74) is 0.947. The average Bonchev–Trinajstić information content (AvgIpc) is 2.53. The number of carboxylic acids is 1. The number of hydrogen-bond donors (Lipinski definition) is 1. The van der Waals surface area contributed by atoms with Gasteiger partial charge in [-0.3, -0.25) is 0 Å². The van der Waals surface area contributed by atoms with Crippen molar-refractivity contribution >= 4 is 5.97 Å². The van der Waals surface area contributed by atoms with Gasteiger partial charge in [0.25, 0.3) is 0 Å². The summed E-state index contributed by atoms with van der Waals surface area (Å²) >= 11 is 0. The van der Waals surface area contributed by atoms with Gasteiger partial charge in [-0.1, -0.05) is 6.07 Å². The maximum Gasteiger partial charge on any atom is 0.336 e. The molecule has 0 bridgehead atoms. The molecule has 0 spiro atoms. The van der Waals surface area contributed by atoms with Crippen LogP contribution in [0, 0.1) is 6.92 Å². The number of rotatable bonds is 7. The summed E-state index contributed by atoms with van der Waals surface area (Å²) in [7, 11) is 1.61. The monoisotopic (exact) mass is 302 g/mol. The number of benzene rings is 2. The Bertz CT molecular complexity index is 634. The molecule has 0 atom stereocenters. The largest absolute Gasteiger partial charge is 0.497 e. The van der Waals surface area contributed by atoms with Crippen LogP contribution in [0.3, 0.4) is 0 Å². The van der Waals surface area contributed by atoms with E-state index in [1.165, 1.54) is 6.07 Å². The summed E-state index contributed by atoms with van der Waals surface area (Å²) in [6.07, 6.45) is 0. The summed E-state index contributed by atoms with van der Waals surface area (Å²) in [5.74, 6) is 1.04. The van der Waals surface area contributed by atoms with Gasteiger partial charge in [-0.15, -0.1) is 0 Å². The number of methoxy groups -OCH3 is 1. The number of hydrogen-bond acceptors (Lipinski definition) is 4. The number of aromatic carboxylic acids is 1. The summed E-state index contributed by atoms with van der Waals surface area (Å²) in [6.45, 7) is 2.44. The first-order valence-corrected chi connectivity index (χ1v) is 6.84.